The van der Waals surface area contributed by atoms with Crippen molar-refractivity contribution >= 4 is 29.2 Å². The molecule has 0 unspecified atom stereocenters. The van der Waals surface area contributed by atoms with Gasteiger partial charge in [0.05, 0.1) is 11.3 Å². The van der Waals surface area contributed by atoms with Gasteiger partial charge in [0.25, 0.3) is 0 Å². The first-order chi connectivity index (χ1) is 9.56. The monoisotopic (exact) mass is 295 g/mol. The smallest absolute Gasteiger partial charge is 0.337 e. The number of hydrogen-bond acceptors (Lipinski definition) is 2. The molecule has 20 heavy (non-hydrogen) atoms. The maximum atomic E-state index is 12.0. The van der Waals surface area contributed by atoms with E-state index < -0.39 is 5.97 Å². The van der Waals surface area contributed by atoms with E-state index in [1.165, 1.54) is 31.4 Å². The average molecular weight is 296 g/mol. The number of amides is 1. The van der Waals surface area contributed by atoms with Crippen LogP contribution in [0.5, 0.6) is 0 Å². The summed E-state index contributed by atoms with van der Waals surface area (Å²) in [6.07, 6.45) is 6.23. The Hall–Kier alpha value is -1.55. The van der Waals surface area contributed by atoms with E-state index >= 15 is 0 Å². The van der Waals surface area contributed by atoms with Gasteiger partial charge in [-0.15, -0.1) is 0 Å². The molecular weight excluding hydrogens is 278 g/mol. The molecule has 0 heterocycles. The second-order valence-electron chi connectivity index (χ2n) is 5.25. The van der Waals surface area contributed by atoms with Gasteiger partial charge in [-0.1, -0.05) is 30.9 Å². The van der Waals surface area contributed by atoms with Gasteiger partial charge in [-0.2, -0.15) is 0 Å². The zero-order valence-electron chi connectivity index (χ0n) is 11.2. The number of hydrogen-bond donors (Lipinski definition) is 2. The number of carbonyl (C=O) groups excluding carboxylic acids is 1. The van der Waals surface area contributed by atoms with Crippen molar-refractivity contribution in [3.05, 3.63) is 28.8 Å². The number of nitrogens with one attached hydrogen (secondary N) is 1. The van der Waals surface area contributed by atoms with Crippen LogP contribution < -0.4 is 5.32 Å². The number of aromatic carboxylic acids is 1. The lowest BCUT2D eigenvalue weighted by Gasteiger charge is -2.21. The molecule has 0 atom stereocenters. The lowest BCUT2D eigenvalue weighted by molar-refractivity contribution is -0.117. The Bertz CT molecular complexity index is 510. The van der Waals surface area contributed by atoms with Crippen molar-refractivity contribution in [2.75, 3.05) is 5.32 Å². The third kappa shape index (κ3) is 3.97. The second kappa shape index (κ2) is 6.75. The van der Waals surface area contributed by atoms with Crippen LogP contribution in [0.25, 0.3) is 0 Å². The van der Waals surface area contributed by atoms with Crippen LogP contribution in [-0.4, -0.2) is 17.0 Å². The molecular formula is C15H18ClNO3. The second-order valence-corrected chi connectivity index (χ2v) is 5.69. The molecule has 1 fully saturated rings. The van der Waals surface area contributed by atoms with Gasteiger partial charge in [-0.3, -0.25) is 4.79 Å². The van der Waals surface area contributed by atoms with E-state index in [9.17, 15) is 9.59 Å². The number of carboxylic acids is 1. The summed E-state index contributed by atoms with van der Waals surface area (Å²) in [4.78, 5) is 23.1. The molecule has 1 aliphatic rings. The zero-order valence-corrected chi connectivity index (χ0v) is 11.9. The van der Waals surface area contributed by atoms with Gasteiger partial charge in [-0.05, 0) is 37.0 Å². The molecule has 0 saturated heterocycles. The van der Waals surface area contributed by atoms with Crippen molar-refractivity contribution in [1.29, 1.82) is 0 Å². The van der Waals surface area contributed by atoms with Crippen LogP contribution in [0.3, 0.4) is 0 Å². The largest absolute Gasteiger partial charge is 0.478 e. The number of carbonyl (C=O) groups is 2. The summed E-state index contributed by atoms with van der Waals surface area (Å²) < 4.78 is 0. The summed E-state index contributed by atoms with van der Waals surface area (Å²) in [6.45, 7) is 0. The third-order valence-corrected chi connectivity index (χ3v) is 3.92. The Balaban J connectivity index is 2.01. The number of benzene rings is 1. The van der Waals surface area contributed by atoms with E-state index in [2.05, 4.69) is 5.32 Å². The van der Waals surface area contributed by atoms with Crippen LogP contribution in [0, 0.1) is 5.92 Å². The SMILES string of the molecule is O=C(CC1CCCCC1)Nc1ccc(Cl)cc1C(=O)O. The van der Waals surface area contributed by atoms with E-state index in [0.29, 0.717) is 23.0 Å². The highest BCUT2D eigenvalue weighted by molar-refractivity contribution is 6.31. The van der Waals surface area contributed by atoms with Crippen molar-refractivity contribution in [3.63, 3.8) is 0 Å². The number of halogens is 1. The lowest BCUT2D eigenvalue weighted by atomic mass is 9.87. The van der Waals surface area contributed by atoms with Gasteiger partial charge >= 0.3 is 5.97 Å². The molecule has 5 heteroatoms. The van der Waals surface area contributed by atoms with E-state index in [1.54, 1.807) is 6.07 Å². The van der Waals surface area contributed by atoms with Crippen molar-refractivity contribution in [2.45, 2.75) is 38.5 Å². The standard InChI is InChI=1S/C15H18ClNO3/c16-11-6-7-13(12(9-11)15(19)20)17-14(18)8-10-4-2-1-3-5-10/h6-7,9-10H,1-5,8H2,(H,17,18)(H,19,20). The minimum Gasteiger partial charge on any atom is -0.478 e. The van der Waals surface area contributed by atoms with Crippen molar-refractivity contribution in [2.24, 2.45) is 5.92 Å². The molecule has 1 aromatic carbocycles. The fraction of sp³-hybridized carbons (Fsp3) is 0.467. The minimum atomic E-state index is -1.10. The van der Waals surface area contributed by atoms with Gasteiger partial charge in [-0.25, -0.2) is 4.79 Å². The molecule has 4 nitrogen and oxygen atoms in total. The van der Waals surface area contributed by atoms with E-state index in [4.69, 9.17) is 16.7 Å². The summed E-state index contributed by atoms with van der Waals surface area (Å²) in [7, 11) is 0. The Labute approximate surface area is 123 Å². The van der Waals surface area contributed by atoms with E-state index in [-0.39, 0.29) is 11.5 Å². The number of carboxylic acid groups (broad SMARTS) is 1. The van der Waals surface area contributed by atoms with Crippen LogP contribution in [0.4, 0.5) is 5.69 Å². The first kappa shape index (κ1) is 14.9. The van der Waals surface area contributed by atoms with Crippen LogP contribution in [0.2, 0.25) is 5.02 Å². The van der Waals surface area contributed by atoms with Crippen LogP contribution >= 0.6 is 11.6 Å². The minimum absolute atomic E-state index is 0.0227. The van der Waals surface area contributed by atoms with Crippen LogP contribution in [0.15, 0.2) is 18.2 Å². The van der Waals surface area contributed by atoms with E-state index in [1.807, 2.05) is 0 Å². The molecule has 0 aromatic heterocycles. The Morgan fingerprint density at radius 2 is 1.95 bits per heavy atom. The van der Waals surface area contributed by atoms with Crippen molar-refractivity contribution in [3.8, 4) is 0 Å². The van der Waals surface area contributed by atoms with Gasteiger partial charge in [0.2, 0.25) is 5.91 Å². The molecule has 1 aliphatic carbocycles. The quantitative estimate of drug-likeness (QED) is 0.884. The highest BCUT2D eigenvalue weighted by Gasteiger charge is 2.18. The molecule has 2 N–H and O–H groups in total. The predicted octanol–water partition coefficient (Wildman–Crippen LogP) is 3.95. The summed E-state index contributed by atoms with van der Waals surface area (Å²) >= 11 is 5.78. The molecule has 0 aliphatic heterocycles. The van der Waals surface area contributed by atoms with Gasteiger partial charge in [0.1, 0.15) is 0 Å². The Kier molecular flexibility index (Phi) is 5.01. The van der Waals surface area contributed by atoms with E-state index in [0.717, 1.165) is 12.8 Å². The molecule has 0 bridgehead atoms. The average Bonchev–Trinajstić information content (AvgIpc) is 2.41. The van der Waals surface area contributed by atoms with Crippen molar-refractivity contribution < 1.29 is 14.7 Å². The zero-order chi connectivity index (χ0) is 14.5. The number of anilines is 1. The molecule has 108 valence electrons. The lowest BCUT2D eigenvalue weighted by Crippen LogP contribution is -2.19. The molecule has 0 radical (unpaired) electrons. The topological polar surface area (TPSA) is 66.4 Å². The molecule has 1 saturated carbocycles. The summed E-state index contributed by atoms with van der Waals surface area (Å²) in [5.41, 5.74) is 0.331. The fourth-order valence-electron chi connectivity index (χ4n) is 2.66. The highest BCUT2D eigenvalue weighted by Crippen LogP contribution is 2.27. The first-order valence-corrected chi connectivity index (χ1v) is 7.27. The fourth-order valence-corrected chi connectivity index (χ4v) is 2.83. The molecule has 2 rings (SSSR count). The Morgan fingerprint density at radius 3 is 2.60 bits per heavy atom. The summed E-state index contributed by atoms with van der Waals surface area (Å²) in [5, 5.41) is 12.1. The first-order valence-electron chi connectivity index (χ1n) is 6.89. The highest BCUT2D eigenvalue weighted by atomic mass is 35.5. The van der Waals surface area contributed by atoms with Crippen LogP contribution in [-0.2, 0) is 4.79 Å². The number of rotatable bonds is 4. The summed E-state index contributed by atoms with van der Waals surface area (Å²) in [6, 6.07) is 4.45. The van der Waals surface area contributed by atoms with Crippen LogP contribution in [0.1, 0.15) is 48.9 Å². The summed E-state index contributed by atoms with van der Waals surface area (Å²) in [5.74, 6) is -0.800. The van der Waals surface area contributed by atoms with Gasteiger partial charge in [0.15, 0.2) is 0 Å². The Morgan fingerprint density at radius 1 is 1.25 bits per heavy atom. The maximum absolute atomic E-state index is 12.0. The maximum Gasteiger partial charge on any atom is 0.337 e. The molecule has 1 amide bonds. The third-order valence-electron chi connectivity index (χ3n) is 3.68. The molecule has 0 spiro atoms. The molecule has 1 aromatic rings. The normalized spacial score (nSPS) is 15.8. The van der Waals surface area contributed by atoms with Gasteiger partial charge in [0, 0.05) is 11.4 Å². The van der Waals surface area contributed by atoms with Crippen molar-refractivity contribution in [1.82, 2.24) is 0 Å². The van der Waals surface area contributed by atoms with Gasteiger partial charge < -0.3 is 10.4 Å². The predicted molar refractivity (Wildman–Crippen MR) is 78.2 cm³/mol.